The van der Waals surface area contributed by atoms with Crippen LogP contribution in [0, 0.1) is 5.92 Å². The molecule has 1 aliphatic heterocycles. The Balaban J connectivity index is 1.44. The van der Waals surface area contributed by atoms with Gasteiger partial charge in [-0.25, -0.2) is 14.8 Å². The number of pyridine rings is 2. The number of alkyl halides is 3. The first-order valence-electron chi connectivity index (χ1n) is 10.4. The van der Waals surface area contributed by atoms with Crippen LogP contribution in [0.5, 0.6) is 0 Å². The molecule has 12 heteroatoms. The number of nitrogens with two attached hydrogens (primary N) is 1. The van der Waals surface area contributed by atoms with Crippen molar-refractivity contribution in [3.63, 3.8) is 0 Å². The average Bonchev–Trinajstić information content (AvgIpc) is 3.06. The molecule has 180 valence electrons. The molecule has 4 heterocycles. The monoisotopic (exact) mass is 476 g/mol. The fraction of sp³-hybridized carbons (Fsp3) is 0.364. The number of halogens is 3. The van der Waals surface area contributed by atoms with E-state index in [9.17, 15) is 22.8 Å². The number of nitrogens with zero attached hydrogens (tertiary/aromatic N) is 4. The Hall–Kier alpha value is -3.83. The van der Waals surface area contributed by atoms with E-state index in [-0.39, 0.29) is 30.4 Å². The molecule has 2 amide bonds. The second kappa shape index (κ2) is 8.19. The molecule has 0 saturated carbocycles. The molecule has 0 aromatic carbocycles. The number of rotatable bonds is 3. The summed E-state index contributed by atoms with van der Waals surface area (Å²) in [6, 6.07) is 4.16. The van der Waals surface area contributed by atoms with Crippen LogP contribution in [-0.2, 0) is 15.7 Å². The average molecular weight is 476 g/mol. The lowest BCUT2D eigenvalue weighted by Crippen LogP contribution is -2.55. The molecule has 3 aromatic heterocycles. The molecule has 1 fully saturated rings. The number of ether oxygens (including phenoxy) is 1. The summed E-state index contributed by atoms with van der Waals surface area (Å²) in [5.74, 6) is -0.994. The summed E-state index contributed by atoms with van der Waals surface area (Å²) in [6.07, 6.45) is -0.694. The van der Waals surface area contributed by atoms with Crippen LogP contribution in [0.1, 0.15) is 26.3 Å². The Labute approximate surface area is 192 Å². The Morgan fingerprint density at radius 1 is 1.15 bits per heavy atom. The third kappa shape index (κ3) is 4.90. The van der Waals surface area contributed by atoms with Crippen molar-refractivity contribution in [2.75, 3.05) is 24.1 Å². The highest BCUT2D eigenvalue weighted by Crippen LogP contribution is 2.35. The lowest BCUT2D eigenvalue weighted by atomic mass is 10.00. The quantitative estimate of drug-likeness (QED) is 0.594. The van der Waals surface area contributed by atoms with E-state index in [1.807, 2.05) is 0 Å². The zero-order chi connectivity index (χ0) is 24.8. The fourth-order valence-corrected chi connectivity index (χ4v) is 3.43. The highest BCUT2D eigenvalue weighted by atomic mass is 19.4. The molecular weight excluding hydrogens is 453 g/mol. The number of hydrogen-bond acceptors (Lipinski definition) is 6. The Bertz CT molecular complexity index is 1260. The Morgan fingerprint density at radius 2 is 1.85 bits per heavy atom. The number of nitrogen functional groups attached to an aromatic ring is 1. The number of nitrogens with one attached hydrogen (secondary N) is 1. The summed E-state index contributed by atoms with van der Waals surface area (Å²) in [5.41, 5.74) is 4.94. The molecule has 0 bridgehead atoms. The van der Waals surface area contributed by atoms with Gasteiger partial charge in [-0.1, -0.05) is 0 Å². The molecule has 0 aliphatic carbocycles. The van der Waals surface area contributed by atoms with Crippen LogP contribution in [0.2, 0.25) is 0 Å². The Morgan fingerprint density at radius 3 is 2.50 bits per heavy atom. The van der Waals surface area contributed by atoms with Gasteiger partial charge in [-0.2, -0.15) is 13.2 Å². The number of carbonyl (C=O) groups excluding carboxylic acids is 2. The van der Waals surface area contributed by atoms with E-state index in [1.54, 1.807) is 49.7 Å². The van der Waals surface area contributed by atoms with Crippen molar-refractivity contribution in [2.24, 2.45) is 5.92 Å². The van der Waals surface area contributed by atoms with Gasteiger partial charge in [0.1, 0.15) is 17.1 Å². The van der Waals surface area contributed by atoms with Crippen LogP contribution in [0.25, 0.3) is 16.8 Å². The van der Waals surface area contributed by atoms with E-state index in [4.69, 9.17) is 10.5 Å². The summed E-state index contributed by atoms with van der Waals surface area (Å²) in [5, 5.41) is 2.71. The van der Waals surface area contributed by atoms with Gasteiger partial charge in [-0.05, 0) is 39.0 Å². The molecular formula is C22H23F3N6O3. The predicted molar refractivity (Wildman–Crippen MR) is 118 cm³/mol. The zero-order valence-electron chi connectivity index (χ0n) is 18.7. The summed E-state index contributed by atoms with van der Waals surface area (Å²) in [4.78, 5) is 33.9. The normalized spacial score (nSPS) is 14.7. The minimum atomic E-state index is -4.62. The second-order valence-corrected chi connectivity index (χ2v) is 9.04. The number of anilines is 2. The van der Waals surface area contributed by atoms with Gasteiger partial charge in [0.15, 0.2) is 5.82 Å². The molecule has 1 saturated heterocycles. The SMILES string of the molecule is CC(C)(C)OC(=O)N1CC(C(=O)Nc2cn3cc(-c4cnc(N)c(C(F)(F)F)c4)ccc3n2)C1. The zero-order valence-corrected chi connectivity index (χ0v) is 18.7. The summed E-state index contributed by atoms with van der Waals surface area (Å²) < 4.78 is 46.3. The maximum Gasteiger partial charge on any atom is 0.419 e. The minimum Gasteiger partial charge on any atom is -0.444 e. The Kier molecular flexibility index (Phi) is 5.62. The van der Waals surface area contributed by atoms with Crippen molar-refractivity contribution in [3.05, 3.63) is 42.4 Å². The molecule has 0 atom stereocenters. The summed E-state index contributed by atoms with van der Waals surface area (Å²) in [6.45, 7) is 5.78. The van der Waals surface area contributed by atoms with Crippen LogP contribution in [0.4, 0.5) is 29.6 Å². The first-order valence-corrected chi connectivity index (χ1v) is 10.4. The summed E-state index contributed by atoms with van der Waals surface area (Å²) in [7, 11) is 0. The first-order chi connectivity index (χ1) is 15.8. The van der Waals surface area contributed by atoms with Crippen LogP contribution < -0.4 is 11.1 Å². The third-order valence-electron chi connectivity index (χ3n) is 5.16. The van der Waals surface area contributed by atoms with Gasteiger partial charge in [0.05, 0.1) is 17.7 Å². The molecule has 1 aliphatic rings. The smallest absolute Gasteiger partial charge is 0.419 e. The van der Waals surface area contributed by atoms with Crippen LogP contribution in [0.3, 0.4) is 0 Å². The van der Waals surface area contributed by atoms with Crippen molar-refractivity contribution in [2.45, 2.75) is 32.5 Å². The van der Waals surface area contributed by atoms with Gasteiger partial charge < -0.3 is 25.1 Å². The number of hydrogen-bond donors (Lipinski definition) is 2. The van der Waals surface area contributed by atoms with Crippen molar-refractivity contribution in [1.82, 2.24) is 19.3 Å². The van der Waals surface area contributed by atoms with E-state index in [2.05, 4.69) is 15.3 Å². The van der Waals surface area contributed by atoms with Crippen molar-refractivity contribution >= 4 is 29.3 Å². The number of aromatic nitrogens is 3. The topological polar surface area (TPSA) is 115 Å². The molecule has 0 radical (unpaired) electrons. The lowest BCUT2D eigenvalue weighted by Gasteiger charge is -2.38. The maximum atomic E-state index is 13.2. The fourth-order valence-electron chi connectivity index (χ4n) is 3.43. The molecule has 0 spiro atoms. The highest BCUT2D eigenvalue weighted by molar-refractivity contribution is 5.93. The number of fused-ring (bicyclic) bond motifs is 1. The molecule has 0 unspecified atom stereocenters. The first kappa shape index (κ1) is 23.3. The van der Waals surface area contributed by atoms with E-state index < -0.39 is 35.2 Å². The highest BCUT2D eigenvalue weighted by Gasteiger charge is 2.38. The van der Waals surface area contributed by atoms with Crippen LogP contribution in [-0.4, -0.2) is 50.0 Å². The molecule has 3 N–H and O–H groups in total. The van der Waals surface area contributed by atoms with Gasteiger partial charge in [0.25, 0.3) is 0 Å². The molecule has 34 heavy (non-hydrogen) atoms. The van der Waals surface area contributed by atoms with E-state index in [0.29, 0.717) is 11.2 Å². The maximum absolute atomic E-state index is 13.2. The van der Waals surface area contributed by atoms with Gasteiger partial charge >= 0.3 is 12.3 Å². The number of carbonyl (C=O) groups is 2. The molecule has 9 nitrogen and oxygen atoms in total. The summed E-state index contributed by atoms with van der Waals surface area (Å²) >= 11 is 0. The minimum absolute atomic E-state index is 0.236. The van der Waals surface area contributed by atoms with Gasteiger partial charge in [-0.3, -0.25) is 4.79 Å². The number of amides is 2. The lowest BCUT2D eigenvalue weighted by molar-refractivity contribution is -0.137. The van der Waals surface area contributed by atoms with Crippen LogP contribution >= 0.6 is 0 Å². The molecule has 3 aromatic rings. The van der Waals surface area contributed by atoms with Gasteiger partial charge in [0, 0.05) is 36.6 Å². The van der Waals surface area contributed by atoms with E-state index >= 15 is 0 Å². The van der Waals surface area contributed by atoms with Gasteiger partial charge in [-0.15, -0.1) is 0 Å². The van der Waals surface area contributed by atoms with Crippen molar-refractivity contribution < 1.29 is 27.5 Å². The number of imidazole rings is 1. The van der Waals surface area contributed by atoms with Crippen LogP contribution in [0.15, 0.2) is 36.8 Å². The predicted octanol–water partition coefficient (Wildman–Crippen LogP) is 3.80. The largest absolute Gasteiger partial charge is 0.444 e. The second-order valence-electron chi connectivity index (χ2n) is 9.04. The van der Waals surface area contributed by atoms with Gasteiger partial charge in [0.2, 0.25) is 5.91 Å². The number of likely N-dealkylation sites (tertiary alicyclic amines) is 1. The van der Waals surface area contributed by atoms with Crippen molar-refractivity contribution in [1.29, 1.82) is 0 Å². The third-order valence-corrected chi connectivity index (χ3v) is 5.16. The standard InChI is InChI=1S/C22H23F3N6O3/c1-21(2,3)34-20(33)31-9-14(10-31)19(32)29-16-11-30-8-12(4-5-17(30)28-16)13-6-15(22(23,24)25)18(26)27-7-13/h4-8,11,14H,9-10H2,1-3H3,(H2,26,27)(H,29,32). The van der Waals surface area contributed by atoms with Crippen molar-refractivity contribution in [3.8, 4) is 11.1 Å². The van der Waals surface area contributed by atoms with E-state index in [1.165, 1.54) is 11.1 Å². The molecule has 4 rings (SSSR count). The van der Waals surface area contributed by atoms with E-state index in [0.717, 1.165) is 6.07 Å².